The molecule has 0 aromatic heterocycles. The third-order valence-electron chi connectivity index (χ3n) is 4.27. The normalized spacial score (nSPS) is 17.3. The Kier molecular flexibility index (Phi) is 4.25. The summed E-state index contributed by atoms with van der Waals surface area (Å²) in [5.74, 6) is 0.0207. The van der Waals surface area contributed by atoms with Crippen LogP contribution in [0.4, 0.5) is 11.4 Å². The first-order valence-corrected chi connectivity index (χ1v) is 7.85. The van der Waals surface area contributed by atoms with Gasteiger partial charge in [0, 0.05) is 5.69 Å². The number of hydrogen-bond donors (Lipinski definition) is 1. The lowest BCUT2D eigenvalue weighted by molar-refractivity contribution is -0.121. The van der Waals surface area contributed by atoms with Gasteiger partial charge in [0.25, 0.3) is 5.91 Å². The molecule has 1 aliphatic heterocycles. The van der Waals surface area contributed by atoms with Gasteiger partial charge in [-0.3, -0.25) is 9.59 Å². The number of hydrogen-bond acceptors (Lipinski definition) is 4. The van der Waals surface area contributed by atoms with Gasteiger partial charge in [-0.25, -0.2) is 4.90 Å². The first kappa shape index (κ1) is 16.1. The zero-order chi connectivity index (χ0) is 17.3. The number of anilines is 2. The second-order valence-corrected chi connectivity index (χ2v) is 5.91. The highest BCUT2D eigenvalue weighted by Crippen LogP contribution is 2.33. The maximum atomic E-state index is 12.8. The third-order valence-corrected chi connectivity index (χ3v) is 4.27. The van der Waals surface area contributed by atoms with E-state index in [2.05, 4.69) is 5.32 Å². The standard InChI is InChI=1S/C19H20N2O3/c1-12-7-6-8-13(2)18(12)20-14-11-17(22)21(19(14)23)15-9-4-5-10-16(15)24-3/h4-10,14,20H,11H2,1-3H3. The minimum Gasteiger partial charge on any atom is -0.495 e. The zero-order valence-corrected chi connectivity index (χ0v) is 14.0. The van der Waals surface area contributed by atoms with Gasteiger partial charge in [-0.1, -0.05) is 30.3 Å². The number of aryl methyl sites for hydroxylation is 2. The van der Waals surface area contributed by atoms with Gasteiger partial charge in [0.1, 0.15) is 11.8 Å². The van der Waals surface area contributed by atoms with Gasteiger partial charge in [-0.05, 0) is 37.1 Å². The van der Waals surface area contributed by atoms with Gasteiger partial charge in [-0.15, -0.1) is 0 Å². The molecule has 0 radical (unpaired) electrons. The Morgan fingerprint density at radius 1 is 1.04 bits per heavy atom. The van der Waals surface area contributed by atoms with Gasteiger partial charge in [0.15, 0.2) is 0 Å². The molecule has 24 heavy (non-hydrogen) atoms. The van der Waals surface area contributed by atoms with Crippen molar-refractivity contribution in [2.45, 2.75) is 26.3 Å². The monoisotopic (exact) mass is 324 g/mol. The molecule has 2 aromatic carbocycles. The van der Waals surface area contributed by atoms with E-state index < -0.39 is 6.04 Å². The molecule has 2 aromatic rings. The van der Waals surface area contributed by atoms with Crippen LogP contribution >= 0.6 is 0 Å². The highest BCUT2D eigenvalue weighted by Gasteiger charge is 2.40. The predicted octanol–water partition coefficient (Wildman–Crippen LogP) is 3.06. The van der Waals surface area contributed by atoms with Crippen LogP contribution in [0.3, 0.4) is 0 Å². The molecular weight excluding hydrogens is 304 g/mol. The SMILES string of the molecule is COc1ccccc1N1C(=O)CC(Nc2c(C)cccc2C)C1=O. The molecule has 0 bridgehead atoms. The van der Waals surface area contributed by atoms with E-state index in [1.165, 1.54) is 12.0 Å². The number of carbonyl (C=O) groups excluding carboxylic acids is 2. The van der Waals surface area contributed by atoms with Crippen molar-refractivity contribution in [1.29, 1.82) is 0 Å². The summed E-state index contributed by atoms with van der Waals surface area (Å²) >= 11 is 0. The summed E-state index contributed by atoms with van der Waals surface area (Å²) in [4.78, 5) is 26.4. The molecule has 1 atom stereocenters. The first-order chi connectivity index (χ1) is 11.5. The van der Waals surface area contributed by atoms with Gasteiger partial charge < -0.3 is 10.1 Å². The zero-order valence-electron chi connectivity index (χ0n) is 14.0. The lowest BCUT2D eigenvalue weighted by Crippen LogP contribution is -2.35. The van der Waals surface area contributed by atoms with Crippen LogP contribution in [0.1, 0.15) is 17.5 Å². The number of benzene rings is 2. The van der Waals surface area contributed by atoms with Crippen LogP contribution in [-0.2, 0) is 9.59 Å². The number of para-hydroxylation sites is 3. The molecule has 3 rings (SSSR count). The summed E-state index contributed by atoms with van der Waals surface area (Å²) in [6.07, 6.45) is 0.130. The fourth-order valence-electron chi connectivity index (χ4n) is 3.03. The van der Waals surface area contributed by atoms with E-state index in [1.54, 1.807) is 24.3 Å². The molecule has 1 fully saturated rings. The number of nitrogens with one attached hydrogen (secondary N) is 1. The van der Waals surface area contributed by atoms with E-state index >= 15 is 0 Å². The van der Waals surface area contributed by atoms with E-state index in [1.807, 2.05) is 32.0 Å². The second kappa shape index (κ2) is 6.35. The molecule has 1 N–H and O–H groups in total. The van der Waals surface area contributed by atoms with Crippen molar-refractivity contribution in [3.63, 3.8) is 0 Å². The van der Waals surface area contributed by atoms with Crippen LogP contribution in [-0.4, -0.2) is 25.0 Å². The Morgan fingerprint density at radius 2 is 1.71 bits per heavy atom. The first-order valence-electron chi connectivity index (χ1n) is 7.85. The Hall–Kier alpha value is -2.82. The smallest absolute Gasteiger partial charge is 0.256 e. The van der Waals surface area contributed by atoms with Crippen molar-refractivity contribution in [3.8, 4) is 5.75 Å². The van der Waals surface area contributed by atoms with Crippen molar-refractivity contribution in [1.82, 2.24) is 0 Å². The van der Waals surface area contributed by atoms with Crippen molar-refractivity contribution in [2.24, 2.45) is 0 Å². The van der Waals surface area contributed by atoms with E-state index in [9.17, 15) is 9.59 Å². The molecule has 0 aliphatic carbocycles. The van der Waals surface area contributed by atoms with Gasteiger partial charge in [0.05, 0.1) is 19.2 Å². The lowest BCUT2D eigenvalue weighted by Gasteiger charge is -2.19. The van der Waals surface area contributed by atoms with E-state index in [4.69, 9.17) is 4.74 Å². The summed E-state index contributed by atoms with van der Waals surface area (Å²) in [5, 5.41) is 3.24. The van der Waals surface area contributed by atoms with Crippen LogP contribution in [0, 0.1) is 13.8 Å². The van der Waals surface area contributed by atoms with Crippen molar-refractivity contribution >= 4 is 23.2 Å². The fraction of sp³-hybridized carbons (Fsp3) is 0.263. The fourth-order valence-corrected chi connectivity index (χ4v) is 3.03. The maximum absolute atomic E-state index is 12.8. The number of imide groups is 1. The number of rotatable bonds is 4. The number of nitrogens with zero attached hydrogens (tertiary/aromatic N) is 1. The summed E-state index contributed by atoms with van der Waals surface area (Å²) in [6, 6.07) is 12.4. The second-order valence-electron chi connectivity index (χ2n) is 5.91. The summed E-state index contributed by atoms with van der Waals surface area (Å²) in [7, 11) is 1.52. The minimum absolute atomic E-state index is 0.130. The lowest BCUT2D eigenvalue weighted by atomic mass is 10.1. The number of amides is 2. The van der Waals surface area contributed by atoms with E-state index in [0.717, 1.165) is 16.8 Å². The summed E-state index contributed by atoms with van der Waals surface area (Å²) in [5.41, 5.74) is 3.49. The van der Waals surface area contributed by atoms with Crippen LogP contribution in [0.5, 0.6) is 5.75 Å². The summed E-state index contributed by atoms with van der Waals surface area (Å²) < 4.78 is 5.28. The number of ether oxygens (including phenoxy) is 1. The van der Waals surface area contributed by atoms with Crippen molar-refractivity contribution in [3.05, 3.63) is 53.6 Å². The Balaban J connectivity index is 1.90. The Bertz CT molecular complexity index is 781. The molecule has 124 valence electrons. The molecule has 1 saturated heterocycles. The molecule has 5 nitrogen and oxygen atoms in total. The molecule has 0 saturated carbocycles. The average molecular weight is 324 g/mol. The van der Waals surface area contributed by atoms with Crippen LogP contribution in [0.2, 0.25) is 0 Å². The highest BCUT2D eigenvalue weighted by molar-refractivity contribution is 6.23. The van der Waals surface area contributed by atoms with Gasteiger partial charge >= 0.3 is 0 Å². The summed E-state index contributed by atoms with van der Waals surface area (Å²) in [6.45, 7) is 3.96. The molecule has 1 heterocycles. The molecule has 2 amide bonds. The molecule has 1 aliphatic rings. The highest BCUT2D eigenvalue weighted by atomic mass is 16.5. The van der Waals surface area contributed by atoms with Crippen LogP contribution < -0.4 is 15.0 Å². The van der Waals surface area contributed by atoms with Crippen molar-refractivity contribution < 1.29 is 14.3 Å². The largest absolute Gasteiger partial charge is 0.495 e. The molecule has 0 spiro atoms. The van der Waals surface area contributed by atoms with Gasteiger partial charge in [-0.2, -0.15) is 0 Å². The van der Waals surface area contributed by atoms with E-state index in [-0.39, 0.29) is 18.2 Å². The molecule has 1 unspecified atom stereocenters. The molecular formula is C19H20N2O3. The third kappa shape index (κ3) is 2.73. The number of carbonyl (C=O) groups is 2. The van der Waals surface area contributed by atoms with E-state index in [0.29, 0.717) is 11.4 Å². The Labute approximate surface area is 141 Å². The topological polar surface area (TPSA) is 58.6 Å². The van der Waals surface area contributed by atoms with Gasteiger partial charge in [0.2, 0.25) is 5.91 Å². The predicted molar refractivity (Wildman–Crippen MR) is 93.4 cm³/mol. The number of methoxy groups -OCH3 is 1. The maximum Gasteiger partial charge on any atom is 0.256 e. The molecule has 5 heteroatoms. The quantitative estimate of drug-likeness (QED) is 0.878. The van der Waals surface area contributed by atoms with Crippen LogP contribution in [0.25, 0.3) is 0 Å². The Morgan fingerprint density at radius 3 is 2.38 bits per heavy atom. The minimum atomic E-state index is -0.567. The van der Waals surface area contributed by atoms with Crippen molar-refractivity contribution in [2.75, 3.05) is 17.3 Å². The average Bonchev–Trinajstić information content (AvgIpc) is 2.85. The van der Waals surface area contributed by atoms with Crippen LogP contribution in [0.15, 0.2) is 42.5 Å².